The molecular formula is C29H39F2N3O3. The zero-order chi connectivity index (χ0) is 25.6. The van der Waals surface area contributed by atoms with Crippen LogP contribution in [0.2, 0.25) is 0 Å². The van der Waals surface area contributed by atoms with Crippen molar-refractivity contribution >= 4 is 17.5 Å². The number of fused-ring (bicyclic) bond motifs is 1. The summed E-state index contributed by atoms with van der Waals surface area (Å²) < 4.78 is 37.3. The SMILES string of the molecule is O=C1CCC(N2CCOc3c(C4CCN(CC5CC(CC6CCCC6)C5)CC4(F)F)cccc32)C(=O)N1. The number of para-hydroxylation sites is 1. The van der Waals surface area contributed by atoms with Crippen LogP contribution in [0.25, 0.3) is 0 Å². The number of nitrogens with zero attached hydrogens (tertiary/aromatic N) is 2. The van der Waals surface area contributed by atoms with E-state index in [1.54, 1.807) is 12.1 Å². The highest BCUT2D eigenvalue weighted by atomic mass is 19.3. The number of carbonyl (C=O) groups excluding carboxylic acids is 2. The summed E-state index contributed by atoms with van der Waals surface area (Å²) in [5, 5.41) is 2.41. The van der Waals surface area contributed by atoms with Crippen molar-refractivity contribution in [1.82, 2.24) is 10.2 Å². The van der Waals surface area contributed by atoms with Gasteiger partial charge < -0.3 is 9.64 Å². The summed E-state index contributed by atoms with van der Waals surface area (Å²) in [6, 6.07) is 4.91. The Kier molecular flexibility index (Phi) is 6.88. The highest BCUT2D eigenvalue weighted by Crippen LogP contribution is 2.49. The number of piperidine rings is 2. The second-order valence-electron chi connectivity index (χ2n) is 12.1. The van der Waals surface area contributed by atoms with E-state index in [4.69, 9.17) is 4.74 Å². The summed E-state index contributed by atoms with van der Waals surface area (Å²) in [5.41, 5.74) is 1.22. The lowest BCUT2D eigenvalue weighted by molar-refractivity contribution is -0.134. The van der Waals surface area contributed by atoms with Crippen molar-refractivity contribution in [2.45, 2.75) is 82.1 Å². The lowest BCUT2D eigenvalue weighted by atomic mass is 9.70. The number of anilines is 1. The van der Waals surface area contributed by atoms with E-state index < -0.39 is 17.9 Å². The highest BCUT2D eigenvalue weighted by Gasteiger charge is 2.48. The van der Waals surface area contributed by atoms with E-state index >= 15 is 8.78 Å². The quantitative estimate of drug-likeness (QED) is 0.556. The van der Waals surface area contributed by atoms with Crippen LogP contribution in [0.5, 0.6) is 5.75 Å². The van der Waals surface area contributed by atoms with Gasteiger partial charge in [-0.05, 0) is 62.5 Å². The molecule has 5 aliphatic rings. The summed E-state index contributed by atoms with van der Waals surface area (Å²) >= 11 is 0. The average molecular weight is 516 g/mol. The molecule has 4 fully saturated rings. The molecule has 0 aromatic heterocycles. The predicted molar refractivity (Wildman–Crippen MR) is 137 cm³/mol. The number of rotatable bonds is 6. The molecule has 8 heteroatoms. The molecule has 202 valence electrons. The minimum atomic E-state index is -2.85. The van der Waals surface area contributed by atoms with Gasteiger partial charge >= 0.3 is 0 Å². The minimum absolute atomic E-state index is 0.206. The lowest BCUT2D eigenvalue weighted by Gasteiger charge is -2.44. The zero-order valence-corrected chi connectivity index (χ0v) is 21.6. The van der Waals surface area contributed by atoms with Crippen LogP contribution in [-0.4, -0.2) is 61.5 Å². The zero-order valence-electron chi connectivity index (χ0n) is 21.6. The molecule has 1 N–H and O–H groups in total. The summed E-state index contributed by atoms with van der Waals surface area (Å²) in [7, 11) is 0. The predicted octanol–water partition coefficient (Wildman–Crippen LogP) is 4.72. The maximum atomic E-state index is 15.6. The number of hydrogen-bond donors (Lipinski definition) is 1. The fraction of sp³-hybridized carbons (Fsp3) is 0.724. The molecule has 2 aliphatic carbocycles. The molecule has 3 aliphatic heterocycles. The Balaban J connectivity index is 1.10. The molecule has 2 saturated heterocycles. The van der Waals surface area contributed by atoms with E-state index in [2.05, 4.69) is 5.32 Å². The van der Waals surface area contributed by atoms with Gasteiger partial charge in [0.05, 0.1) is 24.7 Å². The Labute approximate surface area is 218 Å². The normalized spacial score (nSPS) is 32.4. The molecule has 2 saturated carbocycles. The smallest absolute Gasteiger partial charge is 0.267 e. The Bertz CT molecular complexity index is 1020. The third kappa shape index (κ3) is 5.10. The first-order valence-electron chi connectivity index (χ1n) is 14.3. The van der Waals surface area contributed by atoms with Crippen molar-refractivity contribution < 1.29 is 23.1 Å². The molecule has 0 bridgehead atoms. The number of halogens is 2. The standard InChI is InChI=1S/C29H39F2N3O3/c30-29(31)18-33(17-21-15-20(16-21)14-19-4-1-2-5-19)11-10-23(29)22-6-3-7-24-27(22)37-13-12-34(24)25-8-9-26(35)32-28(25)36/h3,6-7,19-21,23,25H,1-2,4-5,8-18H2,(H,32,35,36). The molecular weight excluding hydrogens is 476 g/mol. The molecule has 1 aromatic rings. The molecule has 0 radical (unpaired) electrons. The highest BCUT2D eigenvalue weighted by molar-refractivity contribution is 6.02. The van der Waals surface area contributed by atoms with Crippen LogP contribution < -0.4 is 15.0 Å². The van der Waals surface area contributed by atoms with Gasteiger partial charge in [0.1, 0.15) is 18.4 Å². The number of ether oxygens (including phenoxy) is 1. The van der Waals surface area contributed by atoms with Gasteiger partial charge in [-0.2, -0.15) is 0 Å². The van der Waals surface area contributed by atoms with E-state index in [-0.39, 0.29) is 24.8 Å². The number of amides is 2. The van der Waals surface area contributed by atoms with E-state index in [0.29, 0.717) is 55.5 Å². The van der Waals surface area contributed by atoms with Crippen molar-refractivity contribution in [2.75, 3.05) is 37.7 Å². The molecule has 6 rings (SSSR count). The second kappa shape index (κ2) is 10.2. The third-order valence-corrected chi connectivity index (χ3v) is 9.54. The van der Waals surface area contributed by atoms with Gasteiger partial charge in [-0.25, -0.2) is 8.78 Å². The molecule has 0 spiro atoms. The molecule has 2 amide bonds. The lowest BCUT2D eigenvalue weighted by Crippen LogP contribution is -2.54. The van der Waals surface area contributed by atoms with Crippen LogP contribution in [0.4, 0.5) is 14.5 Å². The fourth-order valence-electron chi connectivity index (χ4n) is 7.72. The van der Waals surface area contributed by atoms with Crippen LogP contribution in [-0.2, 0) is 9.59 Å². The van der Waals surface area contributed by atoms with Crippen LogP contribution in [0, 0.1) is 17.8 Å². The summed E-state index contributed by atoms with van der Waals surface area (Å²) in [6.45, 7) is 2.07. The van der Waals surface area contributed by atoms with Crippen molar-refractivity contribution in [3.63, 3.8) is 0 Å². The van der Waals surface area contributed by atoms with Crippen LogP contribution in [0.15, 0.2) is 18.2 Å². The second-order valence-corrected chi connectivity index (χ2v) is 12.1. The van der Waals surface area contributed by atoms with Gasteiger partial charge in [-0.3, -0.25) is 19.8 Å². The van der Waals surface area contributed by atoms with E-state index in [9.17, 15) is 9.59 Å². The molecule has 1 aromatic carbocycles. The summed E-state index contributed by atoms with van der Waals surface area (Å²) in [6.07, 6.45) is 10.4. The maximum absolute atomic E-state index is 15.6. The first kappa shape index (κ1) is 25.1. The van der Waals surface area contributed by atoms with Gasteiger partial charge in [0.25, 0.3) is 5.92 Å². The number of nitrogens with one attached hydrogen (secondary N) is 1. The van der Waals surface area contributed by atoms with Crippen molar-refractivity contribution in [3.8, 4) is 5.75 Å². The fourth-order valence-corrected chi connectivity index (χ4v) is 7.72. The number of benzene rings is 1. The van der Waals surface area contributed by atoms with Crippen LogP contribution in [0.1, 0.15) is 75.7 Å². The number of carbonyl (C=O) groups is 2. The maximum Gasteiger partial charge on any atom is 0.267 e. The van der Waals surface area contributed by atoms with Crippen LogP contribution in [0.3, 0.4) is 0 Å². The van der Waals surface area contributed by atoms with Gasteiger partial charge in [0.2, 0.25) is 11.8 Å². The number of hydrogen-bond acceptors (Lipinski definition) is 5. The van der Waals surface area contributed by atoms with Gasteiger partial charge in [0.15, 0.2) is 0 Å². The number of likely N-dealkylation sites (tertiary alicyclic amines) is 1. The minimum Gasteiger partial charge on any atom is -0.489 e. The average Bonchev–Trinajstić information content (AvgIpc) is 3.35. The largest absolute Gasteiger partial charge is 0.489 e. The van der Waals surface area contributed by atoms with Crippen LogP contribution >= 0.6 is 0 Å². The summed E-state index contributed by atoms with van der Waals surface area (Å²) in [5.74, 6) is -1.57. The van der Waals surface area contributed by atoms with Crippen molar-refractivity contribution in [3.05, 3.63) is 23.8 Å². The topological polar surface area (TPSA) is 61.9 Å². The Morgan fingerprint density at radius 2 is 1.81 bits per heavy atom. The number of alkyl halides is 2. The Morgan fingerprint density at radius 1 is 1.00 bits per heavy atom. The van der Waals surface area contributed by atoms with E-state index in [0.717, 1.165) is 18.4 Å². The van der Waals surface area contributed by atoms with E-state index in [1.165, 1.54) is 44.9 Å². The first-order chi connectivity index (χ1) is 17.9. The molecule has 6 nitrogen and oxygen atoms in total. The third-order valence-electron chi connectivity index (χ3n) is 9.54. The van der Waals surface area contributed by atoms with Crippen molar-refractivity contribution in [1.29, 1.82) is 0 Å². The van der Waals surface area contributed by atoms with Gasteiger partial charge in [-0.15, -0.1) is 0 Å². The van der Waals surface area contributed by atoms with Gasteiger partial charge in [-0.1, -0.05) is 37.8 Å². The Morgan fingerprint density at radius 3 is 2.57 bits per heavy atom. The Hall–Kier alpha value is -2.22. The van der Waals surface area contributed by atoms with Crippen molar-refractivity contribution in [2.24, 2.45) is 17.8 Å². The van der Waals surface area contributed by atoms with E-state index in [1.807, 2.05) is 15.9 Å². The van der Waals surface area contributed by atoms with Gasteiger partial charge in [0, 0.05) is 18.5 Å². The molecule has 2 atom stereocenters. The molecule has 37 heavy (non-hydrogen) atoms. The number of imide groups is 1. The first-order valence-corrected chi connectivity index (χ1v) is 14.3. The molecule has 3 heterocycles. The monoisotopic (exact) mass is 515 g/mol. The molecule has 2 unspecified atom stereocenters. The summed E-state index contributed by atoms with van der Waals surface area (Å²) in [4.78, 5) is 28.1.